The molecule has 2 aromatic rings. The van der Waals surface area contributed by atoms with Crippen LogP contribution in [0.2, 0.25) is 0 Å². The van der Waals surface area contributed by atoms with Crippen LogP contribution in [0.4, 0.5) is 5.69 Å². The Morgan fingerprint density at radius 2 is 1.70 bits per heavy atom. The zero-order valence-electron chi connectivity index (χ0n) is 20.1. The predicted molar refractivity (Wildman–Crippen MR) is 130 cm³/mol. The van der Waals surface area contributed by atoms with Gasteiger partial charge < -0.3 is 20.1 Å². The van der Waals surface area contributed by atoms with Crippen LogP contribution in [0.1, 0.15) is 36.0 Å². The monoisotopic (exact) mass is 453 g/mol. The highest BCUT2D eigenvalue weighted by Gasteiger charge is 2.30. The fourth-order valence-electron chi connectivity index (χ4n) is 3.92. The highest BCUT2D eigenvalue weighted by molar-refractivity contribution is 5.93. The van der Waals surface area contributed by atoms with Crippen LogP contribution in [0.5, 0.6) is 11.5 Å². The molecule has 0 bridgehead atoms. The number of hydrogen-bond donors (Lipinski definition) is 2. The number of nitrogens with one attached hydrogen (secondary N) is 2. The molecule has 0 aliphatic heterocycles. The van der Waals surface area contributed by atoms with Crippen LogP contribution in [-0.4, -0.2) is 56.6 Å². The lowest BCUT2D eigenvalue weighted by Gasteiger charge is -2.22. The summed E-state index contributed by atoms with van der Waals surface area (Å²) in [6.45, 7) is 5.41. The number of amides is 2. The first-order valence-electron chi connectivity index (χ1n) is 11.5. The molecule has 0 saturated heterocycles. The summed E-state index contributed by atoms with van der Waals surface area (Å²) >= 11 is 0. The summed E-state index contributed by atoms with van der Waals surface area (Å²) in [4.78, 5) is 27.2. The van der Waals surface area contributed by atoms with Crippen LogP contribution >= 0.6 is 0 Å². The van der Waals surface area contributed by atoms with E-state index < -0.39 is 0 Å². The minimum Gasteiger partial charge on any atom is -0.493 e. The summed E-state index contributed by atoms with van der Waals surface area (Å²) in [7, 11) is 3.22. The van der Waals surface area contributed by atoms with Gasteiger partial charge in [-0.25, -0.2) is 0 Å². The number of rotatable bonds is 12. The van der Waals surface area contributed by atoms with Gasteiger partial charge in [0, 0.05) is 31.2 Å². The number of methoxy groups -OCH3 is 2. The molecule has 7 heteroatoms. The van der Waals surface area contributed by atoms with Crippen LogP contribution in [0.3, 0.4) is 0 Å². The van der Waals surface area contributed by atoms with E-state index in [-0.39, 0.29) is 11.8 Å². The van der Waals surface area contributed by atoms with Gasteiger partial charge in [0.25, 0.3) is 0 Å². The lowest BCUT2D eigenvalue weighted by atomic mass is 10.1. The number of carbonyl (C=O) groups is 2. The lowest BCUT2D eigenvalue weighted by molar-refractivity contribution is -0.122. The Morgan fingerprint density at radius 3 is 2.33 bits per heavy atom. The molecule has 1 saturated carbocycles. The maximum Gasteiger partial charge on any atom is 0.238 e. The molecule has 0 radical (unpaired) electrons. The first-order valence-corrected chi connectivity index (χ1v) is 11.5. The summed E-state index contributed by atoms with van der Waals surface area (Å²) in [5.41, 5.74) is 4.05. The van der Waals surface area contributed by atoms with Crippen molar-refractivity contribution in [2.45, 2.75) is 45.6 Å². The topological polar surface area (TPSA) is 79.9 Å². The third-order valence-electron chi connectivity index (χ3n) is 5.97. The van der Waals surface area contributed by atoms with Gasteiger partial charge in [0.2, 0.25) is 11.8 Å². The molecule has 178 valence electrons. The highest BCUT2D eigenvalue weighted by atomic mass is 16.5. The van der Waals surface area contributed by atoms with Crippen molar-refractivity contribution in [2.24, 2.45) is 0 Å². The van der Waals surface area contributed by atoms with Crippen molar-refractivity contribution >= 4 is 17.5 Å². The first kappa shape index (κ1) is 24.6. The van der Waals surface area contributed by atoms with Gasteiger partial charge in [-0.1, -0.05) is 24.3 Å². The quantitative estimate of drug-likeness (QED) is 0.514. The van der Waals surface area contributed by atoms with Crippen LogP contribution in [-0.2, 0) is 16.0 Å². The Bertz CT molecular complexity index is 952. The molecule has 2 aromatic carbocycles. The minimum absolute atomic E-state index is 0.00344. The fraction of sp³-hybridized carbons (Fsp3) is 0.462. The van der Waals surface area contributed by atoms with E-state index in [1.165, 1.54) is 0 Å². The SMILES string of the molecule is COc1ccc(CCNC(=O)CCN(CC(=O)Nc2c(C)cccc2C)C2CC2)cc1OC. The molecule has 7 nitrogen and oxygen atoms in total. The maximum absolute atomic E-state index is 12.7. The lowest BCUT2D eigenvalue weighted by Crippen LogP contribution is -2.38. The van der Waals surface area contributed by atoms with E-state index in [1.807, 2.05) is 50.2 Å². The van der Waals surface area contributed by atoms with E-state index in [0.717, 1.165) is 35.2 Å². The fourth-order valence-corrected chi connectivity index (χ4v) is 3.92. The summed E-state index contributed by atoms with van der Waals surface area (Å²) in [6, 6.07) is 12.1. The van der Waals surface area contributed by atoms with E-state index in [9.17, 15) is 9.59 Å². The molecule has 2 N–H and O–H groups in total. The van der Waals surface area contributed by atoms with Crippen LogP contribution in [0.25, 0.3) is 0 Å². The Kier molecular flexibility index (Phi) is 8.72. The number of benzene rings is 2. The first-order chi connectivity index (χ1) is 15.9. The van der Waals surface area contributed by atoms with Crippen molar-refractivity contribution in [1.29, 1.82) is 0 Å². The predicted octanol–water partition coefficient (Wildman–Crippen LogP) is 3.47. The molecular weight excluding hydrogens is 418 g/mol. The second-order valence-corrected chi connectivity index (χ2v) is 8.56. The van der Waals surface area contributed by atoms with Gasteiger partial charge >= 0.3 is 0 Å². The molecule has 33 heavy (non-hydrogen) atoms. The van der Waals surface area contributed by atoms with Crippen LogP contribution in [0, 0.1) is 13.8 Å². The van der Waals surface area contributed by atoms with Gasteiger partial charge in [0.05, 0.1) is 20.8 Å². The average Bonchev–Trinajstić information content (AvgIpc) is 3.64. The van der Waals surface area contributed by atoms with Gasteiger partial charge in [-0.2, -0.15) is 0 Å². The van der Waals surface area contributed by atoms with Gasteiger partial charge in [-0.05, 0) is 61.9 Å². The number of anilines is 1. The number of nitrogens with zero attached hydrogens (tertiary/aromatic N) is 1. The molecular formula is C26H35N3O4. The van der Waals surface area contributed by atoms with E-state index in [4.69, 9.17) is 9.47 Å². The Hall–Kier alpha value is -3.06. The maximum atomic E-state index is 12.7. The zero-order valence-corrected chi connectivity index (χ0v) is 20.1. The standard InChI is InChI=1S/C26H35N3O4/c1-18-6-5-7-19(2)26(18)28-25(31)17-29(21-9-10-21)15-13-24(30)27-14-12-20-8-11-22(32-3)23(16-20)33-4/h5-8,11,16,21H,9-10,12-15,17H2,1-4H3,(H,27,30)(H,28,31). The second kappa shape index (κ2) is 11.7. The number of ether oxygens (including phenoxy) is 2. The molecule has 0 aromatic heterocycles. The Labute approximate surface area is 196 Å². The van der Waals surface area contributed by atoms with E-state index >= 15 is 0 Å². The summed E-state index contributed by atoms with van der Waals surface area (Å²) in [5, 5.41) is 6.03. The minimum atomic E-state index is -0.0341. The largest absolute Gasteiger partial charge is 0.493 e. The van der Waals surface area contributed by atoms with Crippen molar-refractivity contribution in [3.8, 4) is 11.5 Å². The molecule has 1 fully saturated rings. The van der Waals surface area contributed by atoms with Crippen LogP contribution in [0.15, 0.2) is 36.4 Å². The molecule has 3 rings (SSSR count). The summed E-state index contributed by atoms with van der Waals surface area (Å²) in [5.74, 6) is 1.33. The Balaban J connectivity index is 1.43. The molecule has 0 atom stereocenters. The average molecular weight is 454 g/mol. The second-order valence-electron chi connectivity index (χ2n) is 8.56. The summed E-state index contributed by atoms with van der Waals surface area (Å²) < 4.78 is 10.6. The highest BCUT2D eigenvalue weighted by Crippen LogP contribution is 2.28. The zero-order chi connectivity index (χ0) is 23.8. The Morgan fingerprint density at radius 1 is 1.00 bits per heavy atom. The van der Waals surface area contributed by atoms with E-state index in [2.05, 4.69) is 15.5 Å². The van der Waals surface area contributed by atoms with Crippen molar-refractivity contribution < 1.29 is 19.1 Å². The number of hydrogen-bond acceptors (Lipinski definition) is 5. The third-order valence-corrected chi connectivity index (χ3v) is 5.97. The number of para-hydroxylation sites is 1. The molecule has 1 aliphatic rings. The van der Waals surface area contributed by atoms with Gasteiger partial charge in [0.1, 0.15) is 0 Å². The van der Waals surface area contributed by atoms with Gasteiger partial charge in [-0.15, -0.1) is 0 Å². The molecule has 0 heterocycles. The number of carbonyl (C=O) groups excluding carboxylic acids is 2. The van der Waals surface area contributed by atoms with Gasteiger partial charge in [-0.3, -0.25) is 14.5 Å². The molecule has 0 unspecified atom stereocenters. The van der Waals surface area contributed by atoms with Crippen LogP contribution < -0.4 is 20.1 Å². The number of aryl methyl sites for hydroxylation is 2. The van der Waals surface area contributed by atoms with Crippen molar-refractivity contribution in [1.82, 2.24) is 10.2 Å². The third kappa shape index (κ3) is 7.22. The normalized spacial score (nSPS) is 13.0. The van der Waals surface area contributed by atoms with Crippen molar-refractivity contribution in [3.63, 3.8) is 0 Å². The molecule has 2 amide bonds. The van der Waals surface area contributed by atoms with E-state index in [1.54, 1.807) is 14.2 Å². The van der Waals surface area contributed by atoms with Crippen molar-refractivity contribution in [2.75, 3.05) is 39.2 Å². The van der Waals surface area contributed by atoms with Gasteiger partial charge in [0.15, 0.2) is 11.5 Å². The van der Waals surface area contributed by atoms with E-state index in [0.29, 0.717) is 50.0 Å². The smallest absolute Gasteiger partial charge is 0.238 e. The summed E-state index contributed by atoms with van der Waals surface area (Å²) in [6.07, 6.45) is 3.24. The molecule has 1 aliphatic carbocycles. The van der Waals surface area contributed by atoms with Crippen molar-refractivity contribution in [3.05, 3.63) is 53.1 Å². The molecule has 0 spiro atoms.